The molecule has 4 rings (SSSR count). The highest BCUT2D eigenvalue weighted by Gasteiger charge is 2.07. The van der Waals surface area contributed by atoms with Crippen LogP contribution in [-0.4, -0.2) is 14.6 Å². The molecule has 0 aliphatic carbocycles. The Morgan fingerprint density at radius 3 is 2.65 bits per heavy atom. The summed E-state index contributed by atoms with van der Waals surface area (Å²) in [5.41, 5.74) is 3.99. The van der Waals surface area contributed by atoms with Crippen molar-refractivity contribution in [1.82, 2.24) is 14.6 Å². The lowest BCUT2D eigenvalue weighted by atomic mass is 10.1. The average Bonchev–Trinajstić information content (AvgIpc) is 3.05. The molecule has 0 N–H and O–H groups in total. The minimum Gasteiger partial charge on any atom is -0.489 e. The molecule has 4 heteroatoms. The number of hydrogen-bond acceptors (Lipinski definition) is 3. The highest BCUT2D eigenvalue weighted by atomic mass is 16.5. The first kappa shape index (κ1) is 13.5. The summed E-state index contributed by atoms with van der Waals surface area (Å²) < 4.78 is 7.55. The molecule has 2 heterocycles. The molecule has 0 bridgehead atoms. The summed E-state index contributed by atoms with van der Waals surface area (Å²) in [5.74, 6) is 0.841. The Labute approximate surface area is 134 Å². The molecule has 0 saturated heterocycles. The Morgan fingerprint density at radius 1 is 1.00 bits per heavy atom. The van der Waals surface area contributed by atoms with Crippen molar-refractivity contribution in [1.29, 1.82) is 0 Å². The quantitative estimate of drug-likeness (QED) is 0.576. The Balaban J connectivity index is 1.54. The van der Waals surface area contributed by atoms with E-state index < -0.39 is 0 Å². The number of rotatable bonds is 4. The third-order valence-electron chi connectivity index (χ3n) is 3.64. The van der Waals surface area contributed by atoms with Crippen LogP contribution < -0.4 is 4.74 Å². The Bertz CT molecular complexity index is 914. The van der Waals surface area contributed by atoms with Crippen molar-refractivity contribution in [3.05, 3.63) is 84.8 Å². The number of ether oxygens (including phenoxy) is 1. The van der Waals surface area contributed by atoms with Gasteiger partial charge in [-0.25, -0.2) is 9.50 Å². The summed E-state index contributed by atoms with van der Waals surface area (Å²) in [4.78, 5) is 4.26. The Hall–Kier alpha value is -3.14. The van der Waals surface area contributed by atoms with Gasteiger partial charge in [-0.3, -0.25) is 0 Å². The number of nitrogens with zero attached hydrogens (tertiary/aromatic N) is 3. The molecule has 0 unspecified atom stereocenters. The normalized spacial score (nSPS) is 10.8. The van der Waals surface area contributed by atoms with E-state index in [0.717, 1.165) is 28.1 Å². The van der Waals surface area contributed by atoms with Crippen LogP contribution in [0.15, 0.2) is 73.1 Å². The van der Waals surface area contributed by atoms with E-state index in [1.54, 1.807) is 10.6 Å². The van der Waals surface area contributed by atoms with Crippen LogP contribution in [0.3, 0.4) is 0 Å². The maximum absolute atomic E-state index is 5.81. The first-order valence-corrected chi connectivity index (χ1v) is 7.38. The summed E-state index contributed by atoms with van der Waals surface area (Å²) in [6.07, 6.45) is 6.50. The van der Waals surface area contributed by atoms with Crippen LogP contribution in [0.5, 0.6) is 5.75 Å². The lowest BCUT2D eigenvalue weighted by Gasteiger charge is -2.07. The molecule has 0 saturated carbocycles. The maximum Gasteiger partial charge on any atom is 0.163 e. The lowest BCUT2D eigenvalue weighted by molar-refractivity contribution is 0.306. The molecule has 111 valence electrons. The van der Waals surface area contributed by atoms with Gasteiger partial charge >= 0.3 is 0 Å². The third-order valence-corrected chi connectivity index (χ3v) is 3.64. The second kappa shape index (κ2) is 5.93. The Kier molecular flexibility index (Phi) is 3.48. The van der Waals surface area contributed by atoms with Gasteiger partial charge in [-0.05, 0) is 29.3 Å². The van der Waals surface area contributed by atoms with Gasteiger partial charge in [-0.15, -0.1) is 0 Å². The van der Waals surface area contributed by atoms with E-state index in [1.165, 1.54) is 0 Å². The van der Waals surface area contributed by atoms with Gasteiger partial charge in [0, 0.05) is 11.8 Å². The van der Waals surface area contributed by atoms with Crippen molar-refractivity contribution in [2.75, 3.05) is 0 Å². The molecule has 23 heavy (non-hydrogen) atoms. The average molecular weight is 300 g/mol. The molecular weight excluding hydrogens is 286 g/mol. The van der Waals surface area contributed by atoms with Gasteiger partial charge in [0.15, 0.2) is 5.65 Å². The van der Waals surface area contributed by atoms with Crippen LogP contribution in [-0.2, 0) is 6.61 Å². The minimum atomic E-state index is 0.563. The highest BCUT2D eigenvalue weighted by molar-refractivity contribution is 5.76. The minimum absolute atomic E-state index is 0.563. The molecule has 4 nitrogen and oxygen atoms in total. The van der Waals surface area contributed by atoms with Crippen molar-refractivity contribution in [2.45, 2.75) is 6.61 Å². The van der Waals surface area contributed by atoms with E-state index in [1.807, 2.05) is 54.9 Å². The maximum atomic E-state index is 5.81. The van der Waals surface area contributed by atoms with Crippen molar-refractivity contribution in [3.8, 4) is 16.9 Å². The van der Waals surface area contributed by atoms with E-state index in [9.17, 15) is 0 Å². The van der Waals surface area contributed by atoms with E-state index >= 15 is 0 Å². The number of benzene rings is 2. The fourth-order valence-electron chi connectivity index (χ4n) is 2.45. The molecule has 0 amide bonds. The monoisotopic (exact) mass is 300 g/mol. The fourth-order valence-corrected chi connectivity index (χ4v) is 2.45. The topological polar surface area (TPSA) is 39.4 Å². The number of aromatic nitrogens is 3. The summed E-state index contributed by atoms with van der Waals surface area (Å²) in [5, 5.41) is 4.30. The van der Waals surface area contributed by atoms with Gasteiger partial charge in [-0.1, -0.05) is 42.5 Å². The van der Waals surface area contributed by atoms with E-state index in [0.29, 0.717) is 6.61 Å². The van der Waals surface area contributed by atoms with Gasteiger partial charge in [0.2, 0.25) is 0 Å². The summed E-state index contributed by atoms with van der Waals surface area (Å²) >= 11 is 0. The molecule has 0 fully saturated rings. The summed E-state index contributed by atoms with van der Waals surface area (Å²) in [6.45, 7) is 0.563. The van der Waals surface area contributed by atoms with Gasteiger partial charge in [-0.2, -0.15) is 5.10 Å². The van der Waals surface area contributed by atoms with Crippen molar-refractivity contribution in [3.63, 3.8) is 0 Å². The standard InChI is InChI=1S/C19H14N3O/c1-2-5-15(6-3-1)14-23-17-9-7-16(8-10-17)18-13-21-22-12-4-11-20-19(18)22/h1-10,12-13H,14H2. The van der Waals surface area contributed by atoms with Crippen molar-refractivity contribution < 1.29 is 4.74 Å². The number of fused-ring (bicyclic) bond motifs is 1. The molecule has 2 aromatic carbocycles. The first-order valence-electron chi connectivity index (χ1n) is 7.38. The predicted octanol–water partition coefficient (Wildman–Crippen LogP) is 3.78. The van der Waals surface area contributed by atoms with Gasteiger partial charge in [0.1, 0.15) is 12.4 Å². The highest BCUT2D eigenvalue weighted by Crippen LogP contribution is 2.25. The first-order chi connectivity index (χ1) is 11.4. The largest absolute Gasteiger partial charge is 0.489 e. The van der Waals surface area contributed by atoms with Crippen LogP contribution in [0, 0.1) is 6.20 Å². The predicted molar refractivity (Wildman–Crippen MR) is 88.0 cm³/mol. The van der Waals surface area contributed by atoms with Crippen LogP contribution in [0.25, 0.3) is 16.8 Å². The van der Waals surface area contributed by atoms with Gasteiger partial charge in [0.05, 0.1) is 12.4 Å². The molecule has 0 aliphatic rings. The Morgan fingerprint density at radius 2 is 1.83 bits per heavy atom. The van der Waals surface area contributed by atoms with Crippen LogP contribution in [0.4, 0.5) is 0 Å². The smallest absolute Gasteiger partial charge is 0.163 e. The summed E-state index contributed by atoms with van der Waals surface area (Å²) in [6, 6.07) is 19.8. The molecule has 2 aromatic heterocycles. The second-order valence-electron chi connectivity index (χ2n) is 5.18. The van der Waals surface area contributed by atoms with Crippen LogP contribution in [0.2, 0.25) is 0 Å². The van der Waals surface area contributed by atoms with Crippen LogP contribution >= 0.6 is 0 Å². The van der Waals surface area contributed by atoms with E-state index in [2.05, 4.69) is 28.4 Å². The zero-order valence-corrected chi connectivity index (χ0v) is 12.4. The molecule has 4 aromatic rings. The summed E-state index contributed by atoms with van der Waals surface area (Å²) in [7, 11) is 0. The number of hydrogen-bond donors (Lipinski definition) is 0. The van der Waals surface area contributed by atoms with Gasteiger partial charge in [0.25, 0.3) is 0 Å². The van der Waals surface area contributed by atoms with Gasteiger partial charge < -0.3 is 4.74 Å². The SMILES string of the molecule is [c]1ccn2ncc(-c3ccc(OCc4ccccc4)cc3)c2n1. The fraction of sp³-hybridized carbons (Fsp3) is 0.0526. The third kappa shape index (κ3) is 2.79. The lowest BCUT2D eigenvalue weighted by Crippen LogP contribution is -1.94. The molecule has 1 radical (unpaired) electrons. The zero-order chi connectivity index (χ0) is 15.5. The zero-order valence-electron chi connectivity index (χ0n) is 12.4. The van der Waals surface area contributed by atoms with E-state index in [-0.39, 0.29) is 0 Å². The van der Waals surface area contributed by atoms with E-state index in [4.69, 9.17) is 4.74 Å². The van der Waals surface area contributed by atoms with Crippen LogP contribution in [0.1, 0.15) is 5.56 Å². The molecule has 0 atom stereocenters. The molecule has 0 aliphatic heterocycles. The van der Waals surface area contributed by atoms with Crippen molar-refractivity contribution >= 4 is 5.65 Å². The molecule has 0 spiro atoms. The van der Waals surface area contributed by atoms with Crippen molar-refractivity contribution in [2.24, 2.45) is 0 Å². The molecular formula is C19H14N3O. The second-order valence-corrected chi connectivity index (χ2v) is 5.18.